The Labute approximate surface area is 184 Å². The second-order valence-electron chi connectivity index (χ2n) is 8.92. The molecule has 4 N–H and O–H groups in total. The lowest BCUT2D eigenvalue weighted by molar-refractivity contribution is -0.257. The summed E-state index contributed by atoms with van der Waals surface area (Å²) in [7, 11) is 0. The van der Waals surface area contributed by atoms with Gasteiger partial charge in [0, 0.05) is 6.42 Å². The van der Waals surface area contributed by atoms with Gasteiger partial charge in [0.15, 0.2) is 6.29 Å². The number of ether oxygens (including phenoxy) is 2. The van der Waals surface area contributed by atoms with Crippen LogP contribution in [-0.4, -0.2) is 64.3 Å². The quantitative estimate of drug-likeness (QED) is 0.230. The standard InChI is InChI=1S/C24H48O6/c1-2-3-4-5-6-7-8-9-10-11-12-13-14-15-20(26)16-17-29-23-18-21(27)24(28)22(19-25)30-23/h20-28H,2-19H2,1H3/t20-,21?,22?,23?,24?/m1/s1. The zero-order valence-electron chi connectivity index (χ0n) is 19.2. The number of aliphatic hydroxyl groups is 4. The molecule has 0 amide bonds. The molecule has 180 valence electrons. The highest BCUT2D eigenvalue weighted by molar-refractivity contribution is 4.82. The van der Waals surface area contributed by atoms with Crippen LogP contribution < -0.4 is 0 Å². The molecule has 0 aromatic carbocycles. The third kappa shape index (κ3) is 13.2. The van der Waals surface area contributed by atoms with Gasteiger partial charge in [-0.3, -0.25) is 0 Å². The van der Waals surface area contributed by atoms with E-state index in [9.17, 15) is 15.3 Å². The molecule has 0 aliphatic carbocycles. The van der Waals surface area contributed by atoms with Gasteiger partial charge in [0.2, 0.25) is 0 Å². The maximum absolute atomic E-state index is 10.1. The van der Waals surface area contributed by atoms with Crippen molar-refractivity contribution in [2.24, 2.45) is 0 Å². The van der Waals surface area contributed by atoms with Gasteiger partial charge in [0.1, 0.15) is 12.2 Å². The van der Waals surface area contributed by atoms with E-state index in [0.29, 0.717) is 13.0 Å². The van der Waals surface area contributed by atoms with Gasteiger partial charge >= 0.3 is 0 Å². The average Bonchev–Trinajstić information content (AvgIpc) is 2.73. The van der Waals surface area contributed by atoms with E-state index in [-0.39, 0.29) is 19.1 Å². The van der Waals surface area contributed by atoms with Crippen molar-refractivity contribution in [1.82, 2.24) is 0 Å². The molecule has 0 spiro atoms. The summed E-state index contributed by atoms with van der Waals surface area (Å²) in [6.45, 7) is 2.24. The van der Waals surface area contributed by atoms with Crippen molar-refractivity contribution in [2.45, 2.75) is 140 Å². The van der Waals surface area contributed by atoms with Crippen LogP contribution in [-0.2, 0) is 9.47 Å². The Morgan fingerprint density at radius 2 is 1.37 bits per heavy atom. The topological polar surface area (TPSA) is 99.4 Å². The van der Waals surface area contributed by atoms with E-state index < -0.39 is 24.6 Å². The molecule has 1 rings (SSSR count). The van der Waals surface area contributed by atoms with Gasteiger partial charge in [-0.15, -0.1) is 0 Å². The molecular weight excluding hydrogens is 384 g/mol. The van der Waals surface area contributed by atoms with Gasteiger partial charge in [-0.1, -0.05) is 90.4 Å². The zero-order valence-corrected chi connectivity index (χ0v) is 19.2. The van der Waals surface area contributed by atoms with E-state index in [0.717, 1.165) is 12.8 Å². The molecule has 0 bridgehead atoms. The van der Waals surface area contributed by atoms with Gasteiger partial charge in [-0.05, 0) is 12.8 Å². The third-order valence-electron chi connectivity index (χ3n) is 6.11. The fraction of sp³-hybridized carbons (Fsp3) is 1.00. The molecular formula is C24H48O6. The van der Waals surface area contributed by atoms with Crippen LogP contribution >= 0.6 is 0 Å². The largest absolute Gasteiger partial charge is 0.394 e. The minimum absolute atomic E-state index is 0.173. The lowest BCUT2D eigenvalue weighted by Gasteiger charge is -2.36. The first-order valence-electron chi connectivity index (χ1n) is 12.5. The van der Waals surface area contributed by atoms with Gasteiger partial charge < -0.3 is 29.9 Å². The summed E-state index contributed by atoms with van der Waals surface area (Å²) in [5.74, 6) is 0. The van der Waals surface area contributed by atoms with Crippen molar-refractivity contribution < 1.29 is 29.9 Å². The van der Waals surface area contributed by atoms with Crippen LogP contribution in [0.4, 0.5) is 0 Å². The second-order valence-corrected chi connectivity index (χ2v) is 8.92. The van der Waals surface area contributed by atoms with Crippen molar-refractivity contribution in [2.75, 3.05) is 13.2 Å². The molecule has 1 heterocycles. The van der Waals surface area contributed by atoms with E-state index in [1.165, 1.54) is 77.0 Å². The van der Waals surface area contributed by atoms with Crippen LogP contribution in [0.3, 0.4) is 0 Å². The Hall–Kier alpha value is -0.240. The molecule has 4 unspecified atom stereocenters. The van der Waals surface area contributed by atoms with E-state index in [1.807, 2.05) is 0 Å². The Bertz CT molecular complexity index is 381. The van der Waals surface area contributed by atoms with Gasteiger partial charge in [0.05, 0.1) is 25.4 Å². The van der Waals surface area contributed by atoms with E-state index in [1.54, 1.807) is 0 Å². The summed E-state index contributed by atoms with van der Waals surface area (Å²) < 4.78 is 11.0. The van der Waals surface area contributed by atoms with Crippen molar-refractivity contribution in [3.8, 4) is 0 Å². The summed E-state index contributed by atoms with van der Waals surface area (Å²) in [6.07, 6.45) is 14.7. The fourth-order valence-corrected chi connectivity index (χ4v) is 4.05. The van der Waals surface area contributed by atoms with Crippen LogP contribution in [0.1, 0.15) is 110 Å². The zero-order chi connectivity index (χ0) is 22.0. The van der Waals surface area contributed by atoms with Gasteiger partial charge in [-0.2, -0.15) is 0 Å². The monoisotopic (exact) mass is 432 g/mol. The highest BCUT2D eigenvalue weighted by Crippen LogP contribution is 2.21. The predicted octanol–water partition coefficient (Wildman–Crippen LogP) is 4.06. The van der Waals surface area contributed by atoms with E-state index in [2.05, 4.69) is 6.92 Å². The smallest absolute Gasteiger partial charge is 0.160 e. The molecule has 1 aliphatic rings. The first-order valence-corrected chi connectivity index (χ1v) is 12.5. The molecule has 6 nitrogen and oxygen atoms in total. The van der Waals surface area contributed by atoms with Crippen LogP contribution in [0.25, 0.3) is 0 Å². The highest BCUT2D eigenvalue weighted by atomic mass is 16.7. The maximum atomic E-state index is 10.1. The van der Waals surface area contributed by atoms with Crippen molar-refractivity contribution >= 4 is 0 Å². The molecule has 0 aromatic rings. The third-order valence-corrected chi connectivity index (χ3v) is 6.11. The molecule has 0 saturated carbocycles. The van der Waals surface area contributed by atoms with Gasteiger partial charge in [0.25, 0.3) is 0 Å². The number of unbranched alkanes of at least 4 members (excludes halogenated alkanes) is 12. The minimum Gasteiger partial charge on any atom is -0.394 e. The van der Waals surface area contributed by atoms with Crippen molar-refractivity contribution in [1.29, 1.82) is 0 Å². The summed E-state index contributed by atoms with van der Waals surface area (Å²) in [5, 5.41) is 38.7. The summed E-state index contributed by atoms with van der Waals surface area (Å²) in [5.41, 5.74) is 0. The highest BCUT2D eigenvalue weighted by Gasteiger charge is 2.36. The number of hydrogen-bond donors (Lipinski definition) is 4. The molecule has 5 atom stereocenters. The van der Waals surface area contributed by atoms with Crippen LogP contribution in [0, 0.1) is 0 Å². The first-order chi connectivity index (χ1) is 14.6. The Kier molecular flexibility index (Phi) is 17.0. The van der Waals surface area contributed by atoms with E-state index in [4.69, 9.17) is 14.6 Å². The molecule has 1 aliphatic heterocycles. The normalized spacial score (nSPS) is 25.5. The lowest BCUT2D eigenvalue weighted by Crippen LogP contribution is -2.50. The molecule has 0 radical (unpaired) electrons. The van der Waals surface area contributed by atoms with E-state index >= 15 is 0 Å². The van der Waals surface area contributed by atoms with Crippen LogP contribution in [0.5, 0.6) is 0 Å². The molecule has 6 heteroatoms. The molecule has 30 heavy (non-hydrogen) atoms. The Morgan fingerprint density at radius 1 is 0.833 bits per heavy atom. The number of rotatable bonds is 19. The molecule has 0 aromatic heterocycles. The Morgan fingerprint density at radius 3 is 1.90 bits per heavy atom. The average molecular weight is 433 g/mol. The van der Waals surface area contributed by atoms with Crippen LogP contribution in [0.15, 0.2) is 0 Å². The van der Waals surface area contributed by atoms with Gasteiger partial charge in [-0.25, -0.2) is 0 Å². The summed E-state index contributed by atoms with van der Waals surface area (Å²) in [6, 6.07) is 0. The maximum Gasteiger partial charge on any atom is 0.160 e. The SMILES string of the molecule is CCCCCCCCCCCCCCC[C@@H](O)CCOC1CC(O)C(O)C(CO)O1. The molecule has 1 saturated heterocycles. The predicted molar refractivity (Wildman–Crippen MR) is 119 cm³/mol. The fourth-order valence-electron chi connectivity index (χ4n) is 4.05. The number of hydrogen-bond acceptors (Lipinski definition) is 6. The Balaban J connectivity index is 1.88. The summed E-state index contributed by atoms with van der Waals surface area (Å²) in [4.78, 5) is 0. The van der Waals surface area contributed by atoms with Crippen molar-refractivity contribution in [3.63, 3.8) is 0 Å². The van der Waals surface area contributed by atoms with Crippen molar-refractivity contribution in [3.05, 3.63) is 0 Å². The lowest BCUT2D eigenvalue weighted by atomic mass is 10.0. The first kappa shape index (κ1) is 27.8. The molecule has 1 fully saturated rings. The second kappa shape index (κ2) is 18.3. The minimum atomic E-state index is -1.09. The summed E-state index contributed by atoms with van der Waals surface area (Å²) >= 11 is 0. The number of aliphatic hydroxyl groups excluding tert-OH is 4. The van der Waals surface area contributed by atoms with Crippen LogP contribution in [0.2, 0.25) is 0 Å².